The maximum absolute atomic E-state index is 13.2. The van der Waals surface area contributed by atoms with Crippen LogP contribution in [0.3, 0.4) is 0 Å². The molecule has 20 heavy (non-hydrogen) atoms. The predicted molar refractivity (Wildman–Crippen MR) is 77.5 cm³/mol. The van der Waals surface area contributed by atoms with Crippen LogP contribution >= 0.6 is 15.9 Å². The summed E-state index contributed by atoms with van der Waals surface area (Å²) in [7, 11) is 0. The number of ether oxygens (including phenoxy) is 1. The number of carbonyl (C=O) groups is 1. The molecule has 0 radical (unpaired) electrons. The van der Waals surface area contributed by atoms with Gasteiger partial charge in [-0.05, 0) is 41.1 Å². The van der Waals surface area contributed by atoms with Crippen LogP contribution < -0.4 is 10.1 Å². The number of halogens is 2. The van der Waals surface area contributed by atoms with Gasteiger partial charge in [-0.25, -0.2) is 4.39 Å². The van der Waals surface area contributed by atoms with Crippen molar-refractivity contribution in [2.24, 2.45) is 0 Å². The van der Waals surface area contributed by atoms with Gasteiger partial charge in [0.05, 0.1) is 17.9 Å². The van der Waals surface area contributed by atoms with Crippen LogP contribution in [0, 0.1) is 5.82 Å². The third-order valence-electron chi connectivity index (χ3n) is 2.46. The third-order valence-corrected chi connectivity index (χ3v) is 2.89. The number of hydrogen-bond acceptors (Lipinski definition) is 3. The Labute approximate surface area is 124 Å². The van der Waals surface area contributed by atoms with Crippen LogP contribution in [0.5, 0.6) is 5.75 Å². The summed E-state index contributed by atoms with van der Waals surface area (Å²) in [5.74, 6) is -0.467. The van der Waals surface area contributed by atoms with E-state index in [9.17, 15) is 9.18 Å². The molecule has 4 nitrogen and oxygen atoms in total. The number of rotatable bonds is 4. The number of benzene rings is 1. The van der Waals surface area contributed by atoms with E-state index in [4.69, 9.17) is 4.74 Å². The lowest BCUT2D eigenvalue weighted by atomic mass is 10.2. The van der Waals surface area contributed by atoms with Gasteiger partial charge in [0.1, 0.15) is 11.6 Å². The van der Waals surface area contributed by atoms with Gasteiger partial charge in [-0.15, -0.1) is 0 Å². The van der Waals surface area contributed by atoms with Gasteiger partial charge in [-0.1, -0.05) is 0 Å². The first-order chi connectivity index (χ1) is 9.60. The van der Waals surface area contributed by atoms with Crippen molar-refractivity contribution in [1.29, 1.82) is 0 Å². The summed E-state index contributed by atoms with van der Waals surface area (Å²) in [4.78, 5) is 16.0. The first-order valence-electron chi connectivity index (χ1n) is 5.94. The first kappa shape index (κ1) is 14.5. The van der Waals surface area contributed by atoms with Crippen molar-refractivity contribution in [3.8, 4) is 5.75 Å². The molecule has 6 heteroatoms. The Balaban J connectivity index is 2.23. The van der Waals surface area contributed by atoms with E-state index >= 15 is 0 Å². The van der Waals surface area contributed by atoms with E-state index in [-0.39, 0.29) is 5.91 Å². The molecular formula is C14H12BrFN2O2. The van der Waals surface area contributed by atoms with E-state index in [0.29, 0.717) is 28.1 Å². The van der Waals surface area contributed by atoms with Crippen molar-refractivity contribution in [3.05, 3.63) is 52.5 Å². The monoisotopic (exact) mass is 338 g/mol. The summed E-state index contributed by atoms with van der Waals surface area (Å²) in [5.41, 5.74) is 0.810. The average molecular weight is 339 g/mol. The lowest BCUT2D eigenvalue weighted by Crippen LogP contribution is -2.13. The number of nitrogens with one attached hydrogen (secondary N) is 1. The Morgan fingerprint density at radius 2 is 2.20 bits per heavy atom. The Kier molecular flexibility index (Phi) is 4.68. The highest BCUT2D eigenvalue weighted by Crippen LogP contribution is 2.26. The van der Waals surface area contributed by atoms with Gasteiger partial charge < -0.3 is 10.1 Å². The van der Waals surface area contributed by atoms with Crippen molar-refractivity contribution in [3.63, 3.8) is 0 Å². The largest absolute Gasteiger partial charge is 0.492 e. The topological polar surface area (TPSA) is 51.2 Å². The smallest absolute Gasteiger partial charge is 0.257 e. The van der Waals surface area contributed by atoms with Crippen molar-refractivity contribution >= 4 is 27.5 Å². The summed E-state index contributed by atoms with van der Waals surface area (Å²) < 4.78 is 19.2. The first-order valence-corrected chi connectivity index (χ1v) is 6.73. The lowest BCUT2D eigenvalue weighted by Gasteiger charge is -2.11. The number of anilines is 1. The predicted octanol–water partition coefficient (Wildman–Crippen LogP) is 3.63. The molecular weight excluding hydrogens is 327 g/mol. The molecule has 0 aliphatic rings. The average Bonchev–Trinajstić information content (AvgIpc) is 2.42. The van der Waals surface area contributed by atoms with Crippen LogP contribution in [-0.4, -0.2) is 17.5 Å². The number of amides is 1. The number of nitrogens with zero attached hydrogens (tertiary/aromatic N) is 1. The summed E-state index contributed by atoms with van der Waals surface area (Å²) >= 11 is 3.25. The molecule has 1 amide bonds. The standard InChI is InChI=1S/C14H12BrFN2O2/c1-2-20-13-6-11(16)3-4-12(13)18-14(19)9-5-10(15)8-17-7-9/h3-8H,2H2,1H3,(H,18,19). The van der Waals surface area contributed by atoms with Crippen molar-refractivity contribution in [1.82, 2.24) is 4.98 Å². The molecule has 0 aliphatic carbocycles. The zero-order valence-electron chi connectivity index (χ0n) is 10.7. The fourth-order valence-electron chi connectivity index (χ4n) is 1.60. The fourth-order valence-corrected chi connectivity index (χ4v) is 1.97. The van der Waals surface area contributed by atoms with Gasteiger partial charge in [-0.2, -0.15) is 0 Å². The molecule has 1 aromatic heterocycles. The van der Waals surface area contributed by atoms with E-state index < -0.39 is 5.82 Å². The second-order valence-electron chi connectivity index (χ2n) is 3.92. The normalized spacial score (nSPS) is 10.2. The van der Waals surface area contributed by atoms with Crippen molar-refractivity contribution in [2.75, 3.05) is 11.9 Å². The molecule has 2 aromatic rings. The van der Waals surface area contributed by atoms with E-state index in [1.165, 1.54) is 24.4 Å². The number of pyridine rings is 1. The van der Waals surface area contributed by atoms with E-state index in [1.807, 2.05) is 0 Å². The van der Waals surface area contributed by atoms with Gasteiger partial charge >= 0.3 is 0 Å². The minimum absolute atomic E-state index is 0.295. The van der Waals surface area contributed by atoms with Crippen LogP contribution in [-0.2, 0) is 0 Å². The van der Waals surface area contributed by atoms with Crippen LogP contribution in [0.1, 0.15) is 17.3 Å². The molecule has 1 aromatic carbocycles. The summed E-state index contributed by atoms with van der Waals surface area (Å²) in [6, 6.07) is 5.60. The Hall–Kier alpha value is -1.95. The van der Waals surface area contributed by atoms with E-state index in [1.54, 1.807) is 19.2 Å². The molecule has 104 valence electrons. The molecule has 1 heterocycles. The van der Waals surface area contributed by atoms with E-state index in [2.05, 4.69) is 26.2 Å². The number of hydrogen-bond donors (Lipinski definition) is 1. The third kappa shape index (κ3) is 3.54. The highest BCUT2D eigenvalue weighted by molar-refractivity contribution is 9.10. The van der Waals surface area contributed by atoms with Gasteiger partial charge in [0.2, 0.25) is 0 Å². The van der Waals surface area contributed by atoms with Crippen molar-refractivity contribution < 1.29 is 13.9 Å². The second kappa shape index (κ2) is 6.47. The molecule has 0 unspecified atom stereocenters. The maximum atomic E-state index is 13.2. The minimum Gasteiger partial charge on any atom is -0.492 e. The van der Waals surface area contributed by atoms with Gasteiger partial charge in [0.15, 0.2) is 0 Å². The Morgan fingerprint density at radius 3 is 2.90 bits per heavy atom. The lowest BCUT2D eigenvalue weighted by molar-refractivity contribution is 0.102. The summed E-state index contributed by atoms with van der Waals surface area (Å²) in [6.07, 6.45) is 3.03. The van der Waals surface area contributed by atoms with Crippen LogP contribution in [0.4, 0.5) is 10.1 Å². The molecule has 2 rings (SSSR count). The zero-order valence-corrected chi connectivity index (χ0v) is 12.3. The highest BCUT2D eigenvalue weighted by atomic mass is 79.9. The molecule has 0 spiro atoms. The quantitative estimate of drug-likeness (QED) is 0.925. The number of aromatic nitrogens is 1. The molecule has 1 N–H and O–H groups in total. The molecule has 0 bridgehead atoms. The van der Waals surface area contributed by atoms with Gasteiger partial charge in [0.25, 0.3) is 5.91 Å². The van der Waals surface area contributed by atoms with Crippen LogP contribution in [0.25, 0.3) is 0 Å². The molecule has 0 saturated heterocycles. The molecule has 0 saturated carbocycles. The van der Waals surface area contributed by atoms with Crippen LogP contribution in [0.15, 0.2) is 41.1 Å². The zero-order chi connectivity index (χ0) is 14.5. The molecule has 0 atom stereocenters. The maximum Gasteiger partial charge on any atom is 0.257 e. The highest BCUT2D eigenvalue weighted by Gasteiger charge is 2.11. The van der Waals surface area contributed by atoms with Gasteiger partial charge in [-0.3, -0.25) is 9.78 Å². The SMILES string of the molecule is CCOc1cc(F)ccc1NC(=O)c1cncc(Br)c1. The second-order valence-corrected chi connectivity index (χ2v) is 4.84. The molecule has 0 fully saturated rings. The Bertz CT molecular complexity index is 634. The van der Waals surface area contributed by atoms with E-state index in [0.717, 1.165) is 0 Å². The Morgan fingerprint density at radius 1 is 1.40 bits per heavy atom. The van der Waals surface area contributed by atoms with Gasteiger partial charge in [0, 0.05) is 22.9 Å². The summed E-state index contributed by atoms with van der Waals surface area (Å²) in [6.45, 7) is 2.17. The minimum atomic E-state index is -0.421. The molecule has 0 aliphatic heterocycles. The van der Waals surface area contributed by atoms with Crippen molar-refractivity contribution in [2.45, 2.75) is 6.92 Å². The fraction of sp³-hybridized carbons (Fsp3) is 0.143. The number of carbonyl (C=O) groups excluding carboxylic acids is 1. The van der Waals surface area contributed by atoms with Crippen LogP contribution in [0.2, 0.25) is 0 Å². The summed E-state index contributed by atoms with van der Waals surface area (Å²) in [5, 5.41) is 2.67.